The largest absolute Gasteiger partial charge is 0.480 e. The Hall–Kier alpha value is -0.950. The minimum Gasteiger partial charge on any atom is -0.480 e. The van der Waals surface area contributed by atoms with E-state index >= 15 is 0 Å². The number of nitrogens with one attached hydrogen (secondary N) is 1. The van der Waals surface area contributed by atoms with Crippen molar-refractivity contribution < 1.29 is 19.4 Å². The SMILES string of the molecule is COCCC(C)(C)CNC(=O)N1CCSCC1C(=O)O. The molecule has 0 radical (unpaired) electrons. The highest BCUT2D eigenvalue weighted by Gasteiger charge is 2.32. The van der Waals surface area contributed by atoms with Crippen LogP contribution in [0.3, 0.4) is 0 Å². The summed E-state index contributed by atoms with van der Waals surface area (Å²) in [4.78, 5) is 24.7. The van der Waals surface area contributed by atoms with Crippen molar-refractivity contribution in [3.8, 4) is 0 Å². The Bertz CT molecular complexity index is 349. The maximum Gasteiger partial charge on any atom is 0.327 e. The molecule has 1 atom stereocenters. The van der Waals surface area contributed by atoms with Gasteiger partial charge in [0.05, 0.1) is 0 Å². The van der Waals surface area contributed by atoms with Crippen molar-refractivity contribution in [2.75, 3.05) is 38.3 Å². The molecule has 0 bridgehead atoms. The number of thioether (sulfide) groups is 1. The summed E-state index contributed by atoms with van der Waals surface area (Å²) in [7, 11) is 1.65. The van der Waals surface area contributed by atoms with Crippen molar-refractivity contribution in [3.05, 3.63) is 0 Å². The molecule has 20 heavy (non-hydrogen) atoms. The van der Waals surface area contributed by atoms with Crippen LogP contribution in [-0.4, -0.2) is 66.4 Å². The molecule has 1 heterocycles. The molecule has 1 saturated heterocycles. The highest BCUT2D eigenvalue weighted by Crippen LogP contribution is 2.20. The van der Waals surface area contributed by atoms with E-state index in [9.17, 15) is 9.59 Å². The number of ether oxygens (including phenoxy) is 1. The molecule has 0 aliphatic carbocycles. The van der Waals surface area contributed by atoms with E-state index in [0.29, 0.717) is 25.4 Å². The number of carbonyl (C=O) groups is 2. The second-order valence-electron chi connectivity index (χ2n) is 5.69. The van der Waals surface area contributed by atoms with Crippen LogP contribution in [-0.2, 0) is 9.53 Å². The topological polar surface area (TPSA) is 78.9 Å². The molecule has 0 spiro atoms. The molecule has 1 aliphatic rings. The lowest BCUT2D eigenvalue weighted by Crippen LogP contribution is -2.54. The predicted octanol–water partition coefficient (Wildman–Crippen LogP) is 1.26. The van der Waals surface area contributed by atoms with Crippen LogP contribution >= 0.6 is 11.8 Å². The molecule has 2 amide bonds. The fraction of sp³-hybridized carbons (Fsp3) is 0.846. The third-order valence-electron chi connectivity index (χ3n) is 3.38. The third-order valence-corrected chi connectivity index (χ3v) is 4.40. The number of carboxylic acid groups (broad SMARTS) is 1. The van der Waals surface area contributed by atoms with E-state index in [1.807, 2.05) is 13.8 Å². The number of aliphatic carboxylic acids is 1. The van der Waals surface area contributed by atoms with Gasteiger partial charge in [-0.15, -0.1) is 0 Å². The Morgan fingerprint density at radius 1 is 1.50 bits per heavy atom. The molecule has 116 valence electrons. The second-order valence-corrected chi connectivity index (χ2v) is 6.84. The molecule has 1 aliphatic heterocycles. The van der Waals surface area contributed by atoms with Gasteiger partial charge >= 0.3 is 12.0 Å². The van der Waals surface area contributed by atoms with Crippen LogP contribution in [0.1, 0.15) is 20.3 Å². The van der Waals surface area contributed by atoms with Crippen LogP contribution in [0.2, 0.25) is 0 Å². The minimum absolute atomic E-state index is 0.0745. The van der Waals surface area contributed by atoms with Gasteiger partial charge in [0.15, 0.2) is 0 Å². The van der Waals surface area contributed by atoms with Gasteiger partial charge in [0.1, 0.15) is 6.04 Å². The van der Waals surface area contributed by atoms with Crippen molar-refractivity contribution in [2.45, 2.75) is 26.3 Å². The summed E-state index contributed by atoms with van der Waals surface area (Å²) in [5.41, 5.74) is -0.0745. The van der Waals surface area contributed by atoms with E-state index in [0.717, 1.165) is 12.2 Å². The van der Waals surface area contributed by atoms with Gasteiger partial charge in [-0.2, -0.15) is 11.8 Å². The quantitative estimate of drug-likeness (QED) is 0.772. The van der Waals surface area contributed by atoms with Crippen LogP contribution in [0, 0.1) is 5.41 Å². The second kappa shape index (κ2) is 7.73. The first-order chi connectivity index (χ1) is 9.37. The zero-order chi connectivity index (χ0) is 15.2. The molecule has 1 fully saturated rings. The Labute approximate surface area is 124 Å². The highest BCUT2D eigenvalue weighted by atomic mass is 32.2. The number of carbonyl (C=O) groups excluding carboxylic acids is 1. The van der Waals surface area contributed by atoms with Gasteiger partial charge in [-0.3, -0.25) is 0 Å². The molecule has 1 rings (SSSR count). The normalized spacial score (nSPS) is 19.8. The first-order valence-corrected chi connectivity index (χ1v) is 7.87. The van der Waals surface area contributed by atoms with Crippen molar-refractivity contribution >= 4 is 23.8 Å². The minimum atomic E-state index is -0.939. The van der Waals surface area contributed by atoms with E-state index in [2.05, 4.69) is 5.32 Å². The van der Waals surface area contributed by atoms with Gasteiger partial charge in [0.25, 0.3) is 0 Å². The summed E-state index contributed by atoms with van der Waals surface area (Å²) >= 11 is 1.57. The van der Waals surface area contributed by atoms with Gasteiger partial charge < -0.3 is 20.1 Å². The number of hydrogen-bond donors (Lipinski definition) is 2. The highest BCUT2D eigenvalue weighted by molar-refractivity contribution is 7.99. The molecule has 0 aromatic heterocycles. The van der Waals surface area contributed by atoms with Gasteiger partial charge in [-0.05, 0) is 11.8 Å². The number of amides is 2. The number of urea groups is 1. The summed E-state index contributed by atoms with van der Waals surface area (Å²) in [5, 5.41) is 12.0. The molecule has 7 heteroatoms. The number of carboxylic acids is 1. The monoisotopic (exact) mass is 304 g/mol. The van der Waals surface area contributed by atoms with Gasteiger partial charge in [0.2, 0.25) is 0 Å². The predicted molar refractivity (Wildman–Crippen MR) is 79.1 cm³/mol. The molecule has 1 unspecified atom stereocenters. The molecule has 0 saturated carbocycles. The van der Waals surface area contributed by atoms with Crippen LogP contribution in [0.15, 0.2) is 0 Å². The van der Waals surface area contributed by atoms with E-state index < -0.39 is 12.0 Å². The smallest absolute Gasteiger partial charge is 0.327 e. The van der Waals surface area contributed by atoms with Crippen molar-refractivity contribution in [2.24, 2.45) is 5.41 Å². The van der Waals surface area contributed by atoms with E-state index in [1.165, 1.54) is 4.90 Å². The summed E-state index contributed by atoms with van der Waals surface area (Å²) in [5.74, 6) is 0.297. The lowest BCUT2D eigenvalue weighted by Gasteiger charge is -2.34. The fourth-order valence-electron chi connectivity index (χ4n) is 1.93. The summed E-state index contributed by atoms with van der Waals surface area (Å²) < 4.78 is 5.05. The first-order valence-electron chi connectivity index (χ1n) is 6.71. The molecule has 0 aromatic carbocycles. The molecule has 2 N–H and O–H groups in total. The van der Waals surface area contributed by atoms with Crippen molar-refractivity contribution in [1.82, 2.24) is 10.2 Å². The molecular formula is C13H24N2O4S. The van der Waals surface area contributed by atoms with E-state index in [1.54, 1.807) is 18.9 Å². The van der Waals surface area contributed by atoms with Crippen LogP contribution in [0.4, 0.5) is 4.79 Å². The zero-order valence-corrected chi connectivity index (χ0v) is 13.2. The summed E-state index contributed by atoms with van der Waals surface area (Å²) in [6, 6.07) is -1.01. The van der Waals surface area contributed by atoms with E-state index in [-0.39, 0.29) is 11.4 Å². The number of nitrogens with zero attached hydrogens (tertiary/aromatic N) is 1. The number of hydrogen-bond acceptors (Lipinski definition) is 4. The summed E-state index contributed by atoms with van der Waals surface area (Å²) in [6.07, 6.45) is 0.835. The molecular weight excluding hydrogens is 280 g/mol. The van der Waals surface area contributed by atoms with Crippen LogP contribution in [0.5, 0.6) is 0 Å². The Morgan fingerprint density at radius 3 is 2.80 bits per heavy atom. The zero-order valence-electron chi connectivity index (χ0n) is 12.3. The van der Waals surface area contributed by atoms with Gasteiger partial charge in [0, 0.05) is 38.3 Å². The number of methoxy groups -OCH3 is 1. The average molecular weight is 304 g/mol. The average Bonchev–Trinajstić information content (AvgIpc) is 2.42. The van der Waals surface area contributed by atoms with Crippen molar-refractivity contribution in [3.63, 3.8) is 0 Å². The lowest BCUT2D eigenvalue weighted by molar-refractivity contribution is -0.141. The maximum absolute atomic E-state index is 12.1. The maximum atomic E-state index is 12.1. The number of rotatable bonds is 6. The third kappa shape index (κ3) is 5.20. The lowest BCUT2D eigenvalue weighted by atomic mass is 9.90. The standard InChI is InChI=1S/C13H24N2O4S/c1-13(2,4-6-19-3)9-14-12(18)15-5-7-20-8-10(15)11(16)17/h10H,4-9H2,1-3H3,(H,14,18)(H,16,17). The fourth-order valence-corrected chi connectivity index (χ4v) is 2.97. The Morgan fingerprint density at radius 2 is 2.20 bits per heavy atom. The molecule has 6 nitrogen and oxygen atoms in total. The summed E-state index contributed by atoms with van der Waals surface area (Å²) in [6.45, 7) is 5.72. The van der Waals surface area contributed by atoms with E-state index in [4.69, 9.17) is 9.84 Å². The van der Waals surface area contributed by atoms with Gasteiger partial charge in [-0.1, -0.05) is 13.8 Å². The molecule has 0 aromatic rings. The first kappa shape index (κ1) is 17.1. The van der Waals surface area contributed by atoms with Crippen LogP contribution < -0.4 is 5.32 Å². The Kier molecular flexibility index (Phi) is 6.61. The Balaban J connectivity index is 2.50. The van der Waals surface area contributed by atoms with Crippen LogP contribution in [0.25, 0.3) is 0 Å². The van der Waals surface area contributed by atoms with Crippen molar-refractivity contribution in [1.29, 1.82) is 0 Å². The van der Waals surface area contributed by atoms with Gasteiger partial charge in [-0.25, -0.2) is 9.59 Å².